The zero-order valence-electron chi connectivity index (χ0n) is 11.4. The summed E-state index contributed by atoms with van der Waals surface area (Å²) in [6.45, 7) is 2.12. The molecule has 0 bridgehead atoms. The zero-order valence-corrected chi connectivity index (χ0v) is 14.4. The third kappa shape index (κ3) is 5.62. The van der Waals surface area contributed by atoms with Crippen LogP contribution in [0.1, 0.15) is 13.8 Å². The molecular formula is C11H12Cl4O7. The maximum Gasteiger partial charge on any atom is 0.359 e. The van der Waals surface area contributed by atoms with E-state index in [0.717, 1.165) is 13.8 Å². The lowest BCUT2D eigenvalue weighted by molar-refractivity contribution is -0.214. The van der Waals surface area contributed by atoms with E-state index in [-0.39, 0.29) is 6.61 Å². The summed E-state index contributed by atoms with van der Waals surface area (Å²) in [5, 5.41) is 0. The van der Waals surface area contributed by atoms with Gasteiger partial charge in [0.25, 0.3) is 3.79 Å². The maximum atomic E-state index is 11.7. The Balaban J connectivity index is 2.97. The largest absolute Gasteiger partial charge is 0.456 e. The van der Waals surface area contributed by atoms with Crippen molar-refractivity contribution < 1.29 is 33.3 Å². The van der Waals surface area contributed by atoms with Gasteiger partial charge in [-0.25, -0.2) is 4.79 Å². The molecular weight excluding hydrogens is 386 g/mol. The second kappa shape index (κ2) is 7.88. The molecule has 0 N–H and O–H groups in total. The molecule has 1 fully saturated rings. The highest BCUT2D eigenvalue weighted by atomic mass is 35.6. The lowest BCUT2D eigenvalue weighted by atomic mass is 10.1. The summed E-state index contributed by atoms with van der Waals surface area (Å²) in [4.78, 5) is 34.0. The molecule has 0 aliphatic carbocycles. The van der Waals surface area contributed by atoms with Gasteiger partial charge in [0.2, 0.25) is 0 Å². The summed E-state index contributed by atoms with van der Waals surface area (Å²) >= 11 is 22.1. The lowest BCUT2D eigenvalue weighted by Crippen LogP contribution is -2.56. The lowest BCUT2D eigenvalue weighted by Gasteiger charge is -2.38. The average Bonchev–Trinajstić information content (AvgIpc) is 2.34. The van der Waals surface area contributed by atoms with Crippen LogP contribution < -0.4 is 0 Å². The number of hydrogen-bond donors (Lipinski definition) is 0. The van der Waals surface area contributed by atoms with E-state index in [1.807, 2.05) is 0 Å². The molecule has 0 aromatic heterocycles. The van der Waals surface area contributed by atoms with Crippen LogP contribution in [0.25, 0.3) is 0 Å². The molecule has 0 unspecified atom stereocenters. The van der Waals surface area contributed by atoms with Crippen LogP contribution in [-0.4, -0.2) is 52.2 Å². The van der Waals surface area contributed by atoms with Crippen LogP contribution >= 0.6 is 46.4 Å². The molecule has 0 amide bonds. The van der Waals surface area contributed by atoms with Gasteiger partial charge in [0.1, 0.15) is 0 Å². The molecule has 126 valence electrons. The summed E-state index contributed by atoms with van der Waals surface area (Å²) in [6.07, 6.45) is -3.55. The van der Waals surface area contributed by atoms with Gasteiger partial charge in [-0.05, 0) is 0 Å². The van der Waals surface area contributed by atoms with Crippen molar-refractivity contribution in [2.24, 2.45) is 0 Å². The van der Waals surface area contributed by atoms with Crippen LogP contribution in [-0.2, 0) is 33.3 Å². The number of ether oxygens (including phenoxy) is 4. The van der Waals surface area contributed by atoms with Gasteiger partial charge >= 0.3 is 17.9 Å². The van der Waals surface area contributed by atoms with Crippen molar-refractivity contribution in [1.29, 1.82) is 0 Å². The molecule has 1 aliphatic rings. The van der Waals surface area contributed by atoms with Crippen molar-refractivity contribution in [3.05, 3.63) is 0 Å². The molecule has 0 radical (unpaired) electrons. The van der Waals surface area contributed by atoms with Gasteiger partial charge in [0, 0.05) is 13.8 Å². The first-order valence-corrected chi connectivity index (χ1v) is 7.47. The van der Waals surface area contributed by atoms with Crippen molar-refractivity contribution in [3.8, 4) is 0 Å². The SMILES string of the molecule is CC(=O)O[C@@H]1[C@@H](OC(=O)C(Cl)(Cl)Cl)[C@H](Cl)OC[C@@H]1OC(C)=O. The summed E-state index contributed by atoms with van der Waals surface area (Å²) < 4.78 is 17.7. The molecule has 0 spiro atoms. The van der Waals surface area contributed by atoms with Gasteiger partial charge in [-0.15, -0.1) is 0 Å². The van der Waals surface area contributed by atoms with Crippen LogP contribution in [0, 0.1) is 0 Å². The third-order valence-electron chi connectivity index (χ3n) is 2.46. The van der Waals surface area contributed by atoms with Gasteiger partial charge in [0.05, 0.1) is 6.61 Å². The monoisotopic (exact) mass is 396 g/mol. The molecule has 7 nitrogen and oxygen atoms in total. The minimum atomic E-state index is -2.36. The molecule has 0 aromatic rings. The highest BCUT2D eigenvalue weighted by Crippen LogP contribution is 2.32. The normalized spacial score (nSPS) is 28.6. The average molecular weight is 398 g/mol. The zero-order chi connectivity index (χ0) is 17.1. The topological polar surface area (TPSA) is 88.1 Å². The van der Waals surface area contributed by atoms with Crippen LogP contribution in [0.4, 0.5) is 0 Å². The minimum absolute atomic E-state index is 0.159. The highest BCUT2D eigenvalue weighted by molar-refractivity contribution is 6.75. The fourth-order valence-corrected chi connectivity index (χ4v) is 2.10. The predicted molar refractivity (Wildman–Crippen MR) is 76.9 cm³/mol. The van der Waals surface area contributed by atoms with E-state index >= 15 is 0 Å². The highest BCUT2D eigenvalue weighted by Gasteiger charge is 2.48. The summed E-state index contributed by atoms with van der Waals surface area (Å²) in [5.74, 6) is -2.59. The van der Waals surface area contributed by atoms with E-state index in [1.165, 1.54) is 0 Å². The Morgan fingerprint density at radius 3 is 2.00 bits per heavy atom. The Morgan fingerprint density at radius 1 is 1.00 bits per heavy atom. The van der Waals surface area contributed by atoms with Crippen LogP contribution in [0.5, 0.6) is 0 Å². The van der Waals surface area contributed by atoms with Crippen molar-refractivity contribution in [1.82, 2.24) is 0 Å². The van der Waals surface area contributed by atoms with Crippen molar-refractivity contribution >= 4 is 64.3 Å². The maximum absolute atomic E-state index is 11.7. The minimum Gasteiger partial charge on any atom is -0.456 e. The molecule has 4 atom stereocenters. The first-order valence-electron chi connectivity index (χ1n) is 5.90. The Bertz CT molecular complexity index is 450. The molecule has 22 heavy (non-hydrogen) atoms. The number of hydrogen-bond acceptors (Lipinski definition) is 7. The molecule has 1 saturated heterocycles. The number of alkyl halides is 4. The van der Waals surface area contributed by atoms with Crippen LogP contribution in [0.2, 0.25) is 0 Å². The molecule has 0 aromatic carbocycles. The fourth-order valence-electron chi connectivity index (χ4n) is 1.70. The van der Waals surface area contributed by atoms with Gasteiger partial charge in [-0.3, -0.25) is 9.59 Å². The van der Waals surface area contributed by atoms with Crippen molar-refractivity contribution in [3.63, 3.8) is 0 Å². The summed E-state index contributed by atoms with van der Waals surface area (Å²) in [7, 11) is 0. The number of halogens is 4. The van der Waals surface area contributed by atoms with E-state index in [4.69, 9.17) is 65.4 Å². The van der Waals surface area contributed by atoms with Gasteiger partial charge in [0.15, 0.2) is 23.9 Å². The number of rotatable bonds is 3. The number of esters is 3. The van der Waals surface area contributed by atoms with Gasteiger partial charge < -0.3 is 18.9 Å². The third-order valence-corrected chi connectivity index (χ3v) is 3.30. The first-order chi connectivity index (χ1) is 10.0. The fraction of sp³-hybridized carbons (Fsp3) is 0.727. The first kappa shape index (κ1) is 19.6. The smallest absolute Gasteiger partial charge is 0.359 e. The predicted octanol–water partition coefficient (Wildman–Crippen LogP) is 1.73. The van der Waals surface area contributed by atoms with Crippen LogP contribution in [0.15, 0.2) is 0 Å². The molecule has 11 heteroatoms. The number of carbonyl (C=O) groups is 3. The van der Waals surface area contributed by atoms with Crippen molar-refractivity contribution in [2.75, 3.05) is 6.61 Å². The molecule has 1 aliphatic heterocycles. The second-order valence-corrected chi connectivity index (χ2v) is 6.99. The van der Waals surface area contributed by atoms with Crippen LogP contribution in [0.3, 0.4) is 0 Å². The Hall–Kier alpha value is -0.470. The number of carbonyl (C=O) groups excluding carboxylic acids is 3. The Morgan fingerprint density at radius 2 is 1.55 bits per heavy atom. The Labute approximate surface area is 146 Å². The molecule has 0 saturated carbocycles. The van der Waals surface area contributed by atoms with E-state index < -0.39 is 45.6 Å². The van der Waals surface area contributed by atoms with Gasteiger partial charge in [-0.2, -0.15) is 0 Å². The van der Waals surface area contributed by atoms with Gasteiger partial charge in [-0.1, -0.05) is 46.4 Å². The Kier molecular flexibility index (Phi) is 7.01. The van der Waals surface area contributed by atoms with E-state index in [1.54, 1.807) is 0 Å². The van der Waals surface area contributed by atoms with Crippen molar-refractivity contribution in [2.45, 2.75) is 41.5 Å². The summed E-state index contributed by atoms with van der Waals surface area (Å²) in [6, 6.07) is 0. The van der Waals surface area contributed by atoms with E-state index in [2.05, 4.69) is 0 Å². The standard InChI is InChI=1S/C11H12Cl4O7/c1-4(16)20-6-3-19-9(12)8(7(6)21-5(2)17)22-10(18)11(13,14)15/h6-9H,3H2,1-2H3/t6-,7-,8+,9+/m0/s1. The van der Waals surface area contributed by atoms with E-state index in [9.17, 15) is 14.4 Å². The summed E-state index contributed by atoms with van der Waals surface area (Å²) in [5.41, 5.74) is -1.19. The molecule has 1 heterocycles. The molecule has 1 rings (SSSR count). The van der Waals surface area contributed by atoms with E-state index in [0.29, 0.717) is 0 Å². The second-order valence-electron chi connectivity index (χ2n) is 4.27. The quantitative estimate of drug-likeness (QED) is 0.407.